The van der Waals surface area contributed by atoms with Crippen LogP contribution in [0.4, 0.5) is 4.79 Å². The van der Waals surface area contributed by atoms with E-state index < -0.39 is 24.2 Å². The van der Waals surface area contributed by atoms with E-state index in [-0.39, 0.29) is 19.1 Å². The van der Waals surface area contributed by atoms with Crippen molar-refractivity contribution in [2.45, 2.75) is 83.0 Å². The van der Waals surface area contributed by atoms with Gasteiger partial charge in [-0.2, -0.15) is 0 Å². The monoisotopic (exact) mass is 480 g/mol. The molecule has 1 amide bonds. The number of ether oxygens (including phenoxy) is 2. The van der Waals surface area contributed by atoms with Crippen LogP contribution in [0.2, 0.25) is 0 Å². The maximum Gasteiger partial charge on any atom is 0.408 e. The molecular weight excluding hydrogens is 444 g/mol. The van der Waals surface area contributed by atoms with Gasteiger partial charge >= 0.3 is 12.1 Å². The van der Waals surface area contributed by atoms with E-state index in [1.807, 2.05) is 30.3 Å². The number of rotatable bonds is 11. The first-order valence-electron chi connectivity index (χ1n) is 12.8. The number of nitrogens with zero attached hydrogens (tertiary/aromatic N) is 1. The minimum Gasteiger partial charge on any atom is -0.480 e. The number of carbonyl (C=O) groups is 2. The number of carboxylic acid groups (broad SMARTS) is 1. The fourth-order valence-electron chi connectivity index (χ4n) is 4.90. The highest BCUT2D eigenvalue weighted by Crippen LogP contribution is 2.34. The molecule has 0 saturated heterocycles. The van der Waals surface area contributed by atoms with Crippen LogP contribution in [0.5, 0.6) is 0 Å². The summed E-state index contributed by atoms with van der Waals surface area (Å²) in [4.78, 5) is 28.6. The quantitative estimate of drug-likeness (QED) is 0.469. The molecule has 188 valence electrons. The van der Waals surface area contributed by atoms with Crippen molar-refractivity contribution in [2.75, 3.05) is 6.61 Å². The Morgan fingerprint density at radius 2 is 1.89 bits per heavy atom. The number of fused-ring (bicyclic) bond motifs is 1. The summed E-state index contributed by atoms with van der Waals surface area (Å²) in [5.41, 5.74) is 4.76. The maximum absolute atomic E-state index is 12.2. The fourth-order valence-corrected chi connectivity index (χ4v) is 4.90. The Kier molecular flexibility index (Phi) is 8.74. The molecule has 7 heteroatoms. The van der Waals surface area contributed by atoms with Crippen LogP contribution in [0.3, 0.4) is 0 Å². The summed E-state index contributed by atoms with van der Waals surface area (Å²) in [7, 11) is 0. The third kappa shape index (κ3) is 7.28. The Hall–Kier alpha value is -2.93. The Balaban J connectivity index is 1.12. The zero-order chi connectivity index (χ0) is 24.6. The van der Waals surface area contributed by atoms with Gasteiger partial charge in [-0.15, -0.1) is 0 Å². The first-order chi connectivity index (χ1) is 17.0. The van der Waals surface area contributed by atoms with E-state index in [0.717, 1.165) is 44.1 Å². The topological polar surface area (TPSA) is 97.8 Å². The molecule has 1 heterocycles. The first kappa shape index (κ1) is 25.2. The number of amides is 1. The lowest BCUT2D eigenvalue weighted by Gasteiger charge is -2.35. The van der Waals surface area contributed by atoms with E-state index in [2.05, 4.69) is 17.4 Å². The SMILES string of the molecule is CC(OC(=O)NC(CCOC1CC(CCc2ccc3c(n2)CCCC3)C1)C(=O)O)c1ccccc1. The number of hydrogen-bond donors (Lipinski definition) is 2. The Labute approximate surface area is 207 Å². The highest BCUT2D eigenvalue weighted by Gasteiger charge is 2.30. The summed E-state index contributed by atoms with van der Waals surface area (Å²) in [5, 5.41) is 11.9. The number of benzene rings is 1. The van der Waals surface area contributed by atoms with E-state index >= 15 is 0 Å². The number of carbonyl (C=O) groups excluding carboxylic acids is 1. The zero-order valence-electron chi connectivity index (χ0n) is 20.4. The number of nitrogens with one attached hydrogen (secondary N) is 1. The van der Waals surface area contributed by atoms with Gasteiger partial charge in [-0.1, -0.05) is 36.4 Å². The van der Waals surface area contributed by atoms with E-state index in [1.165, 1.54) is 29.8 Å². The standard InChI is InChI=1S/C28H36N2O5/c1-19(21-7-3-2-4-8-21)35-28(33)30-26(27(31)32)15-16-34-24-17-20(18-24)11-13-23-14-12-22-9-5-6-10-25(22)29-23/h2-4,7-8,12,14,19-20,24,26H,5-6,9-11,13,15-18H2,1H3,(H,30,33)(H,31,32). The highest BCUT2D eigenvalue weighted by atomic mass is 16.6. The molecule has 1 saturated carbocycles. The molecule has 0 radical (unpaired) electrons. The molecule has 4 rings (SSSR count). The molecule has 0 spiro atoms. The number of pyridine rings is 1. The summed E-state index contributed by atoms with van der Waals surface area (Å²) in [6, 6.07) is 12.7. The van der Waals surface area contributed by atoms with Gasteiger partial charge in [0.15, 0.2) is 0 Å². The molecule has 0 aliphatic heterocycles. The smallest absolute Gasteiger partial charge is 0.408 e. The van der Waals surface area contributed by atoms with Crippen molar-refractivity contribution in [3.05, 3.63) is 65.0 Å². The lowest BCUT2D eigenvalue weighted by atomic mass is 9.79. The maximum atomic E-state index is 12.2. The van der Waals surface area contributed by atoms with Crippen molar-refractivity contribution >= 4 is 12.1 Å². The average Bonchev–Trinajstić information content (AvgIpc) is 2.84. The van der Waals surface area contributed by atoms with Crippen molar-refractivity contribution in [1.82, 2.24) is 10.3 Å². The van der Waals surface area contributed by atoms with Crippen LogP contribution in [0, 0.1) is 5.92 Å². The molecule has 1 aromatic heterocycles. The van der Waals surface area contributed by atoms with Gasteiger partial charge in [0.05, 0.1) is 6.10 Å². The Morgan fingerprint density at radius 1 is 1.11 bits per heavy atom. The zero-order valence-corrected chi connectivity index (χ0v) is 20.4. The summed E-state index contributed by atoms with van der Waals surface area (Å²) in [6.07, 6.45) is 8.04. The normalized spacial score (nSPS) is 20.7. The Bertz CT molecular complexity index is 990. The molecule has 2 atom stereocenters. The second-order valence-corrected chi connectivity index (χ2v) is 9.77. The molecule has 0 bridgehead atoms. The second kappa shape index (κ2) is 12.2. The molecule has 2 unspecified atom stereocenters. The molecule has 1 fully saturated rings. The van der Waals surface area contributed by atoms with Crippen LogP contribution in [0.25, 0.3) is 0 Å². The minimum absolute atomic E-state index is 0.163. The molecule has 1 aromatic carbocycles. The van der Waals surface area contributed by atoms with Crippen molar-refractivity contribution in [2.24, 2.45) is 5.92 Å². The van der Waals surface area contributed by atoms with Crippen LogP contribution in [0.15, 0.2) is 42.5 Å². The molecule has 35 heavy (non-hydrogen) atoms. The third-order valence-corrected chi connectivity index (χ3v) is 7.14. The van der Waals surface area contributed by atoms with E-state index in [1.54, 1.807) is 6.92 Å². The van der Waals surface area contributed by atoms with Gasteiger partial charge in [0.2, 0.25) is 0 Å². The number of aromatic nitrogens is 1. The van der Waals surface area contributed by atoms with Crippen molar-refractivity contribution in [1.29, 1.82) is 0 Å². The van der Waals surface area contributed by atoms with Gasteiger partial charge in [-0.25, -0.2) is 9.59 Å². The Morgan fingerprint density at radius 3 is 2.66 bits per heavy atom. The number of alkyl carbamates (subject to hydrolysis) is 1. The van der Waals surface area contributed by atoms with E-state index in [0.29, 0.717) is 5.92 Å². The molecule has 2 aliphatic rings. The van der Waals surface area contributed by atoms with Crippen molar-refractivity contribution < 1.29 is 24.2 Å². The van der Waals surface area contributed by atoms with Crippen molar-refractivity contribution in [3.63, 3.8) is 0 Å². The van der Waals surface area contributed by atoms with Crippen molar-refractivity contribution in [3.8, 4) is 0 Å². The minimum atomic E-state index is -1.10. The number of aliphatic carboxylic acids is 1. The molecule has 2 aliphatic carbocycles. The van der Waals surface area contributed by atoms with Gasteiger partial charge in [-0.05, 0) is 81.4 Å². The van der Waals surface area contributed by atoms with Crippen LogP contribution in [-0.4, -0.2) is 40.9 Å². The lowest BCUT2D eigenvalue weighted by Crippen LogP contribution is -2.42. The van der Waals surface area contributed by atoms with Gasteiger partial charge in [-0.3, -0.25) is 4.98 Å². The summed E-state index contributed by atoms with van der Waals surface area (Å²) in [6.45, 7) is 2.04. The van der Waals surface area contributed by atoms with Crippen LogP contribution >= 0.6 is 0 Å². The van der Waals surface area contributed by atoms with Crippen LogP contribution in [0.1, 0.15) is 74.1 Å². The largest absolute Gasteiger partial charge is 0.480 e. The average molecular weight is 481 g/mol. The van der Waals surface area contributed by atoms with Crippen LogP contribution < -0.4 is 5.32 Å². The molecule has 7 nitrogen and oxygen atoms in total. The first-order valence-corrected chi connectivity index (χ1v) is 12.8. The van der Waals surface area contributed by atoms with E-state index in [4.69, 9.17) is 14.5 Å². The van der Waals surface area contributed by atoms with Gasteiger partial charge in [0, 0.05) is 24.4 Å². The summed E-state index contributed by atoms with van der Waals surface area (Å²) < 4.78 is 11.2. The number of carboxylic acids is 1. The van der Waals surface area contributed by atoms with Gasteiger partial charge < -0.3 is 19.9 Å². The predicted molar refractivity (Wildman–Crippen MR) is 132 cm³/mol. The summed E-state index contributed by atoms with van der Waals surface area (Å²) in [5.74, 6) is -0.470. The highest BCUT2D eigenvalue weighted by molar-refractivity contribution is 5.79. The number of aryl methyl sites for hydroxylation is 3. The van der Waals surface area contributed by atoms with Crippen LogP contribution in [-0.2, 0) is 33.5 Å². The predicted octanol–water partition coefficient (Wildman–Crippen LogP) is 5.02. The molecule has 2 aromatic rings. The van der Waals surface area contributed by atoms with Gasteiger partial charge in [0.25, 0.3) is 0 Å². The van der Waals surface area contributed by atoms with E-state index in [9.17, 15) is 14.7 Å². The third-order valence-electron chi connectivity index (χ3n) is 7.14. The second-order valence-electron chi connectivity index (χ2n) is 9.77. The number of hydrogen-bond acceptors (Lipinski definition) is 5. The summed E-state index contributed by atoms with van der Waals surface area (Å²) >= 11 is 0. The molecular formula is C28H36N2O5. The fraction of sp³-hybridized carbons (Fsp3) is 0.536. The molecule has 2 N–H and O–H groups in total. The van der Waals surface area contributed by atoms with Gasteiger partial charge in [0.1, 0.15) is 12.1 Å². The lowest BCUT2D eigenvalue weighted by molar-refractivity contribution is -0.140.